The van der Waals surface area contributed by atoms with Crippen LogP contribution in [0.5, 0.6) is 5.75 Å². The Bertz CT molecular complexity index is 1250. The zero-order valence-corrected chi connectivity index (χ0v) is 17.4. The van der Waals surface area contributed by atoms with Gasteiger partial charge in [-0.15, -0.1) is 0 Å². The van der Waals surface area contributed by atoms with E-state index in [1.807, 2.05) is 12.1 Å². The lowest BCUT2D eigenvalue weighted by molar-refractivity contribution is 0.303. The molecule has 0 radical (unpaired) electrons. The molecule has 2 aromatic carbocycles. The van der Waals surface area contributed by atoms with Gasteiger partial charge in [-0.2, -0.15) is 4.31 Å². The molecule has 7 nitrogen and oxygen atoms in total. The second kappa shape index (κ2) is 8.75. The van der Waals surface area contributed by atoms with Crippen molar-refractivity contribution in [2.24, 2.45) is 0 Å². The number of halogens is 1. The van der Waals surface area contributed by atoms with Crippen molar-refractivity contribution in [1.29, 1.82) is 0 Å². The summed E-state index contributed by atoms with van der Waals surface area (Å²) < 4.78 is 57.6. The van der Waals surface area contributed by atoms with Gasteiger partial charge in [0.1, 0.15) is 27.9 Å². The Morgan fingerprint density at radius 2 is 1.74 bits per heavy atom. The predicted molar refractivity (Wildman–Crippen MR) is 110 cm³/mol. The van der Waals surface area contributed by atoms with Crippen LogP contribution in [-0.2, 0) is 23.1 Å². The number of hydrogen-bond acceptors (Lipinski definition) is 6. The van der Waals surface area contributed by atoms with E-state index < -0.39 is 20.7 Å². The second-order valence-corrected chi connectivity index (χ2v) is 8.60. The van der Waals surface area contributed by atoms with Crippen molar-refractivity contribution < 1.29 is 26.5 Å². The van der Waals surface area contributed by atoms with Crippen LogP contribution in [0.2, 0.25) is 0 Å². The van der Waals surface area contributed by atoms with Gasteiger partial charge in [0.2, 0.25) is 10.0 Å². The monoisotopic (exact) mass is 442 g/mol. The molecule has 0 saturated heterocycles. The number of furan rings is 1. The number of hydrogen-bond donors (Lipinski definition) is 0. The first kappa shape index (κ1) is 20.8. The maximum absolute atomic E-state index is 14.3. The van der Waals surface area contributed by atoms with Crippen molar-refractivity contribution in [2.75, 3.05) is 7.11 Å². The summed E-state index contributed by atoms with van der Waals surface area (Å²) in [6.45, 7) is -0.247. The van der Waals surface area contributed by atoms with Gasteiger partial charge in [-0.25, -0.2) is 12.8 Å². The number of nitrogens with zero attached hydrogens (tertiary/aromatic N) is 2. The molecule has 2 heterocycles. The molecule has 0 aliphatic carbocycles. The van der Waals surface area contributed by atoms with Gasteiger partial charge in [0.15, 0.2) is 5.76 Å². The van der Waals surface area contributed by atoms with Crippen molar-refractivity contribution in [3.05, 3.63) is 90.3 Å². The number of sulfonamides is 1. The molecule has 4 rings (SSSR count). The molecule has 2 aromatic heterocycles. The molecule has 0 atom stereocenters. The van der Waals surface area contributed by atoms with Crippen LogP contribution >= 0.6 is 0 Å². The third kappa shape index (κ3) is 4.52. The first-order valence-electron chi connectivity index (χ1n) is 9.34. The summed E-state index contributed by atoms with van der Waals surface area (Å²) in [6.07, 6.45) is 1.44. The molecule has 9 heteroatoms. The van der Waals surface area contributed by atoms with E-state index >= 15 is 0 Å². The smallest absolute Gasteiger partial charge is 0.246 e. The first-order chi connectivity index (χ1) is 15.0. The lowest BCUT2D eigenvalue weighted by Gasteiger charge is -2.20. The van der Waals surface area contributed by atoms with Crippen LogP contribution in [-0.4, -0.2) is 25.0 Å². The molecule has 0 N–H and O–H groups in total. The third-order valence-electron chi connectivity index (χ3n) is 4.64. The van der Waals surface area contributed by atoms with E-state index in [2.05, 4.69) is 5.16 Å². The first-order valence-corrected chi connectivity index (χ1v) is 10.8. The Morgan fingerprint density at radius 1 is 1.00 bits per heavy atom. The normalized spacial score (nSPS) is 11.7. The lowest BCUT2D eigenvalue weighted by Crippen LogP contribution is -2.30. The molecule has 0 unspecified atom stereocenters. The van der Waals surface area contributed by atoms with Gasteiger partial charge in [-0.3, -0.25) is 0 Å². The van der Waals surface area contributed by atoms with Crippen LogP contribution in [0.15, 0.2) is 86.8 Å². The number of rotatable bonds is 8. The van der Waals surface area contributed by atoms with Crippen LogP contribution in [0.1, 0.15) is 11.5 Å². The zero-order valence-electron chi connectivity index (χ0n) is 16.6. The standard InChI is InChI=1S/C22H19FN2O5S/c1-28-17-10-8-16(9-11-17)21-13-19(30-24-21)15-25(14-18-5-4-12-29-18)31(26,27)22-7-3-2-6-20(22)23/h2-13H,14-15H2,1H3. The molecule has 0 saturated carbocycles. The number of aromatic nitrogens is 1. The SMILES string of the molecule is COc1ccc(-c2cc(CN(Cc3ccco3)S(=O)(=O)c3ccccc3F)on2)cc1. The summed E-state index contributed by atoms with van der Waals surface area (Å²) in [6, 6.07) is 17.4. The molecule has 0 amide bonds. The van der Waals surface area contributed by atoms with Crippen LogP contribution in [0, 0.1) is 5.82 Å². The van der Waals surface area contributed by atoms with E-state index in [9.17, 15) is 12.8 Å². The highest BCUT2D eigenvalue weighted by Gasteiger charge is 2.29. The molecule has 160 valence electrons. The summed E-state index contributed by atoms with van der Waals surface area (Å²) >= 11 is 0. The Labute approximate surface area is 178 Å². The molecule has 4 aromatic rings. The summed E-state index contributed by atoms with van der Waals surface area (Å²) in [5, 5.41) is 4.03. The molecule has 31 heavy (non-hydrogen) atoms. The highest BCUT2D eigenvalue weighted by molar-refractivity contribution is 7.89. The predicted octanol–water partition coefficient (Wildman–Crippen LogP) is 4.47. The average molecular weight is 442 g/mol. The molecular formula is C22H19FN2O5S. The molecule has 0 fully saturated rings. The molecule has 0 aliphatic heterocycles. The molecule has 0 spiro atoms. The summed E-state index contributed by atoms with van der Waals surface area (Å²) in [7, 11) is -2.60. The van der Waals surface area contributed by atoms with Crippen LogP contribution < -0.4 is 4.74 Å². The van der Waals surface area contributed by atoms with Crippen LogP contribution in [0.3, 0.4) is 0 Å². The highest BCUT2D eigenvalue weighted by Crippen LogP contribution is 2.26. The van der Waals surface area contributed by atoms with E-state index in [0.717, 1.165) is 15.9 Å². The largest absolute Gasteiger partial charge is 0.497 e. The maximum Gasteiger partial charge on any atom is 0.246 e. The van der Waals surface area contributed by atoms with E-state index in [1.165, 1.54) is 24.5 Å². The zero-order chi connectivity index (χ0) is 21.8. The Balaban J connectivity index is 1.64. The fraction of sp³-hybridized carbons (Fsp3) is 0.136. The Kier molecular flexibility index (Phi) is 5.88. The molecular weight excluding hydrogens is 423 g/mol. The van der Waals surface area contributed by atoms with Crippen LogP contribution in [0.4, 0.5) is 4.39 Å². The van der Waals surface area contributed by atoms with Gasteiger partial charge >= 0.3 is 0 Å². The van der Waals surface area contributed by atoms with Gasteiger partial charge in [0, 0.05) is 11.6 Å². The van der Waals surface area contributed by atoms with Crippen molar-refractivity contribution >= 4 is 10.0 Å². The van der Waals surface area contributed by atoms with Crippen molar-refractivity contribution in [3.63, 3.8) is 0 Å². The Morgan fingerprint density at radius 3 is 2.42 bits per heavy atom. The van der Waals surface area contributed by atoms with Gasteiger partial charge in [-0.05, 0) is 48.5 Å². The van der Waals surface area contributed by atoms with Crippen molar-refractivity contribution in [3.8, 4) is 17.0 Å². The van der Waals surface area contributed by atoms with Gasteiger partial charge in [-0.1, -0.05) is 17.3 Å². The average Bonchev–Trinajstić information content (AvgIpc) is 3.46. The second-order valence-electron chi connectivity index (χ2n) is 6.69. The fourth-order valence-electron chi connectivity index (χ4n) is 3.05. The minimum absolute atomic E-state index is 0.0950. The minimum Gasteiger partial charge on any atom is -0.497 e. The quantitative estimate of drug-likeness (QED) is 0.400. The number of methoxy groups -OCH3 is 1. The van der Waals surface area contributed by atoms with Gasteiger partial charge in [0.05, 0.1) is 26.5 Å². The van der Waals surface area contributed by atoms with Crippen molar-refractivity contribution in [1.82, 2.24) is 9.46 Å². The highest BCUT2D eigenvalue weighted by atomic mass is 32.2. The molecule has 0 aliphatic rings. The van der Waals surface area contributed by atoms with E-state index in [4.69, 9.17) is 13.7 Å². The molecule has 0 bridgehead atoms. The summed E-state index contributed by atoms with van der Waals surface area (Å²) in [5.74, 6) is 0.587. The number of benzene rings is 2. The summed E-state index contributed by atoms with van der Waals surface area (Å²) in [4.78, 5) is -0.420. The van der Waals surface area contributed by atoms with E-state index in [0.29, 0.717) is 23.0 Å². The Hall–Kier alpha value is -3.43. The third-order valence-corrected chi connectivity index (χ3v) is 6.47. The van der Waals surface area contributed by atoms with E-state index in [-0.39, 0.29) is 13.1 Å². The lowest BCUT2D eigenvalue weighted by atomic mass is 10.1. The topological polar surface area (TPSA) is 85.8 Å². The maximum atomic E-state index is 14.3. The van der Waals surface area contributed by atoms with Crippen LogP contribution in [0.25, 0.3) is 11.3 Å². The van der Waals surface area contributed by atoms with E-state index in [1.54, 1.807) is 37.4 Å². The minimum atomic E-state index is -4.18. The fourth-order valence-corrected chi connectivity index (χ4v) is 4.49. The van der Waals surface area contributed by atoms with Gasteiger partial charge in [0.25, 0.3) is 0 Å². The van der Waals surface area contributed by atoms with Crippen molar-refractivity contribution in [2.45, 2.75) is 18.0 Å². The summed E-state index contributed by atoms with van der Waals surface area (Å²) in [5.41, 5.74) is 1.32. The van der Waals surface area contributed by atoms with Gasteiger partial charge < -0.3 is 13.7 Å². The number of ether oxygens (including phenoxy) is 1.